The van der Waals surface area contributed by atoms with Crippen molar-refractivity contribution in [3.63, 3.8) is 0 Å². The van der Waals surface area contributed by atoms with Crippen molar-refractivity contribution in [3.8, 4) is 0 Å². The number of nitrogens with zero attached hydrogens (tertiary/aromatic N) is 1. The van der Waals surface area contributed by atoms with Crippen molar-refractivity contribution in [3.05, 3.63) is 65.0 Å². The van der Waals surface area contributed by atoms with E-state index in [2.05, 4.69) is 4.90 Å². The van der Waals surface area contributed by atoms with Crippen LogP contribution in [0.2, 0.25) is 0 Å². The molecule has 8 heteroatoms. The Morgan fingerprint density at radius 2 is 1.83 bits per heavy atom. The molecule has 1 fully saturated rings. The number of alkyl halides is 3. The Morgan fingerprint density at radius 1 is 1.13 bits per heavy atom. The Labute approximate surface area is 172 Å². The molecule has 1 aliphatic heterocycles. The fourth-order valence-corrected chi connectivity index (χ4v) is 3.78. The number of anilines is 1. The number of rotatable bonds is 6. The first-order valence-corrected chi connectivity index (χ1v) is 9.79. The van der Waals surface area contributed by atoms with Crippen LogP contribution >= 0.6 is 0 Å². The van der Waals surface area contributed by atoms with Gasteiger partial charge >= 0.3 is 6.18 Å². The average molecular weight is 424 g/mol. The quantitative estimate of drug-likeness (QED) is 0.411. The second-order valence-corrected chi connectivity index (χ2v) is 7.72. The van der Waals surface area contributed by atoms with Crippen molar-refractivity contribution in [1.29, 1.82) is 0 Å². The number of halogens is 4. The van der Waals surface area contributed by atoms with Crippen LogP contribution < -0.4 is 5.73 Å². The molecule has 4 nitrogen and oxygen atoms in total. The SMILES string of the molecule is Nc1ccc(C(=O)CCCN2CCC(O)(c3cccc(C(F)(F)F)c3)CC2)c(F)c1. The van der Waals surface area contributed by atoms with Gasteiger partial charge in [0.1, 0.15) is 5.82 Å². The van der Waals surface area contributed by atoms with Gasteiger partial charge in [0.15, 0.2) is 5.78 Å². The summed E-state index contributed by atoms with van der Waals surface area (Å²) < 4.78 is 52.7. The number of nitrogens with two attached hydrogens (primary N) is 1. The molecule has 162 valence electrons. The summed E-state index contributed by atoms with van der Waals surface area (Å²) in [7, 11) is 0. The van der Waals surface area contributed by atoms with Crippen LogP contribution in [0, 0.1) is 5.82 Å². The van der Waals surface area contributed by atoms with Crippen molar-refractivity contribution < 1.29 is 27.5 Å². The van der Waals surface area contributed by atoms with Gasteiger partial charge in [-0.3, -0.25) is 4.79 Å². The Balaban J connectivity index is 1.51. The third-order valence-corrected chi connectivity index (χ3v) is 5.58. The molecule has 1 heterocycles. The van der Waals surface area contributed by atoms with Crippen LogP contribution in [-0.2, 0) is 11.8 Å². The fraction of sp³-hybridized carbons (Fsp3) is 0.409. The molecule has 3 rings (SSSR count). The smallest absolute Gasteiger partial charge is 0.399 e. The summed E-state index contributed by atoms with van der Waals surface area (Å²) in [5.74, 6) is -0.936. The summed E-state index contributed by atoms with van der Waals surface area (Å²) in [6.45, 7) is 1.58. The van der Waals surface area contributed by atoms with Crippen LogP contribution in [-0.4, -0.2) is 35.4 Å². The number of piperidine rings is 1. The standard InChI is InChI=1S/C22H24F4N2O2/c23-19-14-17(27)6-7-18(19)20(29)5-2-10-28-11-8-21(30,9-12-28)15-3-1-4-16(13-15)22(24,25)26/h1,3-4,6-7,13-14,30H,2,5,8-12,27H2. The van der Waals surface area contributed by atoms with Crippen molar-refractivity contribution in [2.45, 2.75) is 37.5 Å². The lowest BCUT2D eigenvalue weighted by Gasteiger charge is -2.38. The topological polar surface area (TPSA) is 66.6 Å². The Kier molecular flexibility index (Phi) is 6.47. The maximum Gasteiger partial charge on any atom is 0.416 e. The summed E-state index contributed by atoms with van der Waals surface area (Å²) in [6, 6.07) is 8.80. The zero-order valence-corrected chi connectivity index (χ0v) is 16.4. The molecular formula is C22H24F4N2O2. The molecule has 0 bridgehead atoms. The van der Waals surface area contributed by atoms with Crippen LogP contribution in [0.3, 0.4) is 0 Å². The van der Waals surface area contributed by atoms with Gasteiger partial charge in [0.05, 0.1) is 16.7 Å². The molecule has 0 saturated carbocycles. The lowest BCUT2D eigenvalue weighted by molar-refractivity contribution is -0.137. The van der Waals surface area contributed by atoms with Crippen LogP contribution in [0.15, 0.2) is 42.5 Å². The molecule has 30 heavy (non-hydrogen) atoms. The highest BCUT2D eigenvalue weighted by molar-refractivity contribution is 5.96. The number of carbonyl (C=O) groups excluding carboxylic acids is 1. The van der Waals surface area contributed by atoms with E-state index in [1.54, 1.807) is 0 Å². The van der Waals surface area contributed by atoms with E-state index in [9.17, 15) is 27.5 Å². The van der Waals surface area contributed by atoms with Gasteiger partial charge in [-0.1, -0.05) is 12.1 Å². The predicted molar refractivity (Wildman–Crippen MR) is 105 cm³/mol. The molecule has 0 amide bonds. The van der Waals surface area contributed by atoms with E-state index in [1.807, 2.05) is 0 Å². The minimum atomic E-state index is -4.45. The van der Waals surface area contributed by atoms with Gasteiger partial charge in [0.25, 0.3) is 0 Å². The minimum absolute atomic E-state index is 0.0155. The highest BCUT2D eigenvalue weighted by Crippen LogP contribution is 2.36. The molecule has 0 spiro atoms. The van der Waals surface area contributed by atoms with E-state index in [1.165, 1.54) is 24.3 Å². The summed E-state index contributed by atoms with van der Waals surface area (Å²) in [4.78, 5) is 14.2. The highest BCUT2D eigenvalue weighted by Gasteiger charge is 2.36. The minimum Gasteiger partial charge on any atom is -0.399 e. The zero-order chi connectivity index (χ0) is 21.9. The molecule has 0 unspecified atom stereocenters. The third-order valence-electron chi connectivity index (χ3n) is 5.58. The van der Waals surface area contributed by atoms with E-state index >= 15 is 0 Å². The zero-order valence-electron chi connectivity index (χ0n) is 16.4. The Hall–Kier alpha value is -2.45. The Morgan fingerprint density at radius 3 is 2.47 bits per heavy atom. The predicted octanol–water partition coefficient (Wildman–Crippen LogP) is 4.37. The number of nitrogen functional groups attached to an aromatic ring is 1. The molecule has 2 aromatic rings. The van der Waals surface area contributed by atoms with Crippen LogP contribution in [0.1, 0.15) is 47.2 Å². The molecule has 0 aliphatic carbocycles. The van der Waals surface area contributed by atoms with Gasteiger partial charge in [-0.25, -0.2) is 4.39 Å². The summed E-state index contributed by atoms with van der Waals surface area (Å²) >= 11 is 0. The molecule has 1 aliphatic rings. The lowest BCUT2D eigenvalue weighted by atomic mass is 9.83. The van der Waals surface area contributed by atoms with Gasteiger partial charge < -0.3 is 15.7 Å². The van der Waals surface area contributed by atoms with Crippen molar-refractivity contribution in [1.82, 2.24) is 4.90 Å². The van der Waals surface area contributed by atoms with Gasteiger partial charge in [-0.05, 0) is 61.7 Å². The van der Waals surface area contributed by atoms with Crippen molar-refractivity contribution in [2.75, 3.05) is 25.4 Å². The maximum atomic E-state index is 13.8. The number of aliphatic hydroxyl groups is 1. The maximum absolute atomic E-state index is 13.8. The first kappa shape index (κ1) is 22.2. The molecule has 0 aromatic heterocycles. The van der Waals surface area contributed by atoms with Gasteiger partial charge in [-0.15, -0.1) is 0 Å². The number of benzene rings is 2. The number of carbonyl (C=O) groups is 1. The van der Waals surface area contributed by atoms with Crippen molar-refractivity contribution in [2.24, 2.45) is 0 Å². The molecular weight excluding hydrogens is 400 g/mol. The highest BCUT2D eigenvalue weighted by atomic mass is 19.4. The first-order chi connectivity index (χ1) is 14.1. The normalized spacial score (nSPS) is 17.1. The van der Waals surface area contributed by atoms with Crippen LogP contribution in [0.4, 0.5) is 23.2 Å². The second-order valence-electron chi connectivity index (χ2n) is 7.72. The summed E-state index contributed by atoms with van der Waals surface area (Å²) in [5, 5.41) is 10.9. The van der Waals surface area contributed by atoms with Gasteiger partial charge in [-0.2, -0.15) is 13.2 Å². The Bertz CT molecular complexity index is 906. The van der Waals surface area contributed by atoms with E-state index < -0.39 is 23.2 Å². The lowest BCUT2D eigenvalue weighted by Crippen LogP contribution is -2.43. The molecule has 3 N–H and O–H groups in total. The number of likely N-dealkylation sites (tertiary alicyclic amines) is 1. The van der Waals surface area contributed by atoms with E-state index in [4.69, 9.17) is 5.73 Å². The van der Waals surface area contributed by atoms with Crippen molar-refractivity contribution >= 4 is 11.5 Å². The number of Topliss-reactive ketones (excluding diaryl/α,β-unsaturated/α-hetero) is 1. The van der Waals surface area contributed by atoms with E-state index in [0.29, 0.717) is 38.9 Å². The van der Waals surface area contributed by atoms with Gasteiger partial charge in [0.2, 0.25) is 0 Å². The molecule has 1 saturated heterocycles. The number of hydrogen-bond donors (Lipinski definition) is 2. The summed E-state index contributed by atoms with van der Waals surface area (Å²) in [5.41, 5.74) is 3.95. The van der Waals surface area contributed by atoms with Gasteiger partial charge in [0, 0.05) is 25.2 Å². The first-order valence-electron chi connectivity index (χ1n) is 9.79. The molecule has 0 radical (unpaired) electrons. The van der Waals surface area contributed by atoms with Crippen LogP contribution in [0.5, 0.6) is 0 Å². The molecule has 2 aromatic carbocycles. The van der Waals surface area contributed by atoms with E-state index in [-0.39, 0.29) is 29.0 Å². The summed E-state index contributed by atoms with van der Waals surface area (Å²) in [6.07, 6.45) is -3.16. The van der Waals surface area contributed by atoms with E-state index in [0.717, 1.165) is 18.2 Å². The monoisotopic (exact) mass is 424 g/mol. The third kappa shape index (κ3) is 5.17. The fourth-order valence-electron chi connectivity index (χ4n) is 3.78. The second kappa shape index (κ2) is 8.73. The largest absolute Gasteiger partial charge is 0.416 e. The number of ketones is 1. The molecule has 0 atom stereocenters. The number of hydrogen-bond acceptors (Lipinski definition) is 4. The average Bonchev–Trinajstić information content (AvgIpc) is 2.69. The van der Waals surface area contributed by atoms with Crippen LogP contribution in [0.25, 0.3) is 0 Å².